The van der Waals surface area contributed by atoms with E-state index in [1.807, 2.05) is 6.92 Å². The van der Waals surface area contributed by atoms with Crippen LogP contribution in [0.15, 0.2) is 6.58 Å². The number of hydrogen-bond donors (Lipinski definition) is 0. The Morgan fingerprint density at radius 2 is 2.10 bits per heavy atom. The van der Waals surface area contributed by atoms with Crippen molar-refractivity contribution in [2.24, 2.45) is 0 Å². The molecule has 0 radical (unpaired) electrons. The van der Waals surface area contributed by atoms with Crippen molar-refractivity contribution in [2.75, 3.05) is 0 Å². The van der Waals surface area contributed by atoms with Crippen molar-refractivity contribution >= 4 is 20.9 Å². The summed E-state index contributed by atoms with van der Waals surface area (Å²) in [6.45, 7) is 5.37. The summed E-state index contributed by atoms with van der Waals surface area (Å²) in [6, 6.07) is 0. The molecule has 0 fully saturated rings. The summed E-state index contributed by atoms with van der Waals surface area (Å²) < 4.78 is 0. The Bertz CT molecular complexity index is 239. The van der Waals surface area contributed by atoms with Gasteiger partial charge in [0.05, 0.1) is 0 Å². The van der Waals surface area contributed by atoms with Crippen molar-refractivity contribution in [1.29, 1.82) is 0 Å². The second kappa shape index (κ2) is 2.84. The largest absolute Gasteiger partial charge is 0.214 e. The molecule has 0 aliphatic heterocycles. The summed E-state index contributed by atoms with van der Waals surface area (Å²) in [5.74, 6) is 1.34. The molecule has 52 valence electrons. The van der Waals surface area contributed by atoms with Crippen LogP contribution in [0.4, 0.5) is 0 Å². The Hall–Kier alpha value is -0.820. The molecule has 0 aliphatic carbocycles. The van der Waals surface area contributed by atoms with Gasteiger partial charge in [0.1, 0.15) is 11.4 Å². The first-order chi connectivity index (χ1) is 4.72. The molecule has 1 atom stereocenters. The Morgan fingerprint density at radius 3 is 2.60 bits per heavy atom. The van der Waals surface area contributed by atoms with Crippen LogP contribution >= 0.6 is 9.24 Å². The number of aryl methyl sites for hydroxylation is 1. The fraction of sp³-hybridized carbons (Fsp3) is 0.167. The van der Waals surface area contributed by atoms with Gasteiger partial charge in [-0.3, -0.25) is 0 Å². The van der Waals surface area contributed by atoms with Crippen LogP contribution in [0.5, 0.6) is 0 Å². The van der Waals surface area contributed by atoms with Crippen molar-refractivity contribution < 1.29 is 0 Å². The average molecular weight is 153 g/mol. The fourth-order valence-corrected chi connectivity index (χ4v) is 0.934. The van der Waals surface area contributed by atoms with E-state index in [9.17, 15) is 0 Å². The molecular weight excluding hydrogens is 145 g/mol. The molecule has 3 nitrogen and oxygen atoms in total. The predicted octanol–water partition coefficient (Wildman–Crippen LogP) is 0.323. The molecule has 0 saturated heterocycles. The SMILES string of the molecule is C=Cc1nc(C)nc(P)n1. The lowest BCUT2D eigenvalue weighted by Crippen LogP contribution is -2.09. The van der Waals surface area contributed by atoms with Gasteiger partial charge in [0.2, 0.25) is 0 Å². The van der Waals surface area contributed by atoms with Gasteiger partial charge in [-0.1, -0.05) is 15.8 Å². The molecule has 1 rings (SSSR count). The number of hydrogen-bond acceptors (Lipinski definition) is 3. The van der Waals surface area contributed by atoms with Gasteiger partial charge >= 0.3 is 0 Å². The first-order valence-electron chi connectivity index (χ1n) is 2.83. The third-order valence-corrected chi connectivity index (χ3v) is 1.22. The van der Waals surface area contributed by atoms with Crippen LogP contribution in [0.2, 0.25) is 0 Å². The van der Waals surface area contributed by atoms with E-state index in [4.69, 9.17) is 0 Å². The summed E-state index contributed by atoms with van der Waals surface area (Å²) in [5, 5.41) is 0. The van der Waals surface area contributed by atoms with Crippen LogP contribution in [-0.4, -0.2) is 15.0 Å². The van der Waals surface area contributed by atoms with Gasteiger partial charge in [0, 0.05) is 0 Å². The molecule has 0 N–H and O–H groups in total. The van der Waals surface area contributed by atoms with Crippen LogP contribution in [0.1, 0.15) is 11.6 Å². The minimum absolute atomic E-state index is 0.623. The molecule has 1 heterocycles. The second-order valence-corrected chi connectivity index (χ2v) is 2.32. The number of rotatable bonds is 1. The average Bonchev–Trinajstić information content (AvgIpc) is 1.85. The highest BCUT2D eigenvalue weighted by atomic mass is 31.0. The summed E-state index contributed by atoms with van der Waals surface area (Å²) >= 11 is 0. The Kier molecular flexibility index (Phi) is 2.07. The Labute approximate surface area is 61.8 Å². The maximum absolute atomic E-state index is 4.00. The number of aromatic nitrogens is 3. The van der Waals surface area contributed by atoms with E-state index in [2.05, 4.69) is 30.8 Å². The maximum Gasteiger partial charge on any atom is 0.155 e. The topological polar surface area (TPSA) is 38.7 Å². The zero-order valence-electron chi connectivity index (χ0n) is 5.70. The summed E-state index contributed by atoms with van der Waals surface area (Å²) in [6.07, 6.45) is 1.60. The highest BCUT2D eigenvalue weighted by molar-refractivity contribution is 7.26. The molecule has 0 aromatic carbocycles. The van der Waals surface area contributed by atoms with Crippen molar-refractivity contribution in [3.63, 3.8) is 0 Å². The van der Waals surface area contributed by atoms with Crippen LogP contribution < -0.4 is 5.57 Å². The Balaban J connectivity index is 3.18. The third-order valence-electron chi connectivity index (χ3n) is 0.964. The third kappa shape index (κ3) is 1.58. The second-order valence-electron chi connectivity index (χ2n) is 1.80. The van der Waals surface area contributed by atoms with Crippen LogP contribution in [0.3, 0.4) is 0 Å². The molecule has 0 amide bonds. The van der Waals surface area contributed by atoms with E-state index in [-0.39, 0.29) is 0 Å². The quantitative estimate of drug-likeness (QED) is 0.545. The lowest BCUT2D eigenvalue weighted by atomic mass is 10.5. The first kappa shape index (κ1) is 7.29. The molecule has 1 unspecified atom stereocenters. The number of nitrogens with zero attached hydrogens (tertiary/aromatic N) is 3. The van der Waals surface area contributed by atoms with Crippen molar-refractivity contribution in [3.05, 3.63) is 18.2 Å². The predicted molar refractivity (Wildman–Crippen MR) is 44.0 cm³/mol. The van der Waals surface area contributed by atoms with Gasteiger partial charge in [-0.05, 0) is 13.0 Å². The van der Waals surface area contributed by atoms with Crippen molar-refractivity contribution in [2.45, 2.75) is 6.92 Å². The lowest BCUT2D eigenvalue weighted by Gasteiger charge is -1.94. The fourth-order valence-electron chi connectivity index (χ4n) is 0.615. The van der Waals surface area contributed by atoms with Crippen LogP contribution in [-0.2, 0) is 0 Å². The van der Waals surface area contributed by atoms with E-state index >= 15 is 0 Å². The summed E-state index contributed by atoms with van der Waals surface area (Å²) in [7, 11) is 2.42. The van der Waals surface area contributed by atoms with Crippen molar-refractivity contribution in [3.8, 4) is 0 Å². The zero-order valence-corrected chi connectivity index (χ0v) is 6.86. The van der Waals surface area contributed by atoms with E-state index in [0.717, 1.165) is 5.82 Å². The molecule has 0 saturated carbocycles. The van der Waals surface area contributed by atoms with Crippen LogP contribution in [0.25, 0.3) is 6.08 Å². The molecule has 10 heavy (non-hydrogen) atoms. The van der Waals surface area contributed by atoms with E-state index < -0.39 is 0 Å². The molecule has 4 heteroatoms. The van der Waals surface area contributed by atoms with Gasteiger partial charge in [0.15, 0.2) is 5.82 Å². The van der Waals surface area contributed by atoms with Gasteiger partial charge in [0.25, 0.3) is 0 Å². The lowest BCUT2D eigenvalue weighted by molar-refractivity contribution is 0.994. The monoisotopic (exact) mass is 153 g/mol. The molecule has 0 bridgehead atoms. The van der Waals surface area contributed by atoms with E-state index in [0.29, 0.717) is 11.4 Å². The normalized spacial score (nSPS) is 9.40. The summed E-state index contributed by atoms with van der Waals surface area (Å²) in [5.41, 5.74) is 0.655. The minimum atomic E-state index is 0.623. The van der Waals surface area contributed by atoms with Gasteiger partial charge < -0.3 is 0 Å². The van der Waals surface area contributed by atoms with Gasteiger partial charge in [-0.25, -0.2) is 15.0 Å². The van der Waals surface area contributed by atoms with E-state index in [1.165, 1.54) is 0 Å². The van der Waals surface area contributed by atoms with E-state index in [1.54, 1.807) is 6.08 Å². The van der Waals surface area contributed by atoms with Gasteiger partial charge in [-0.2, -0.15) is 0 Å². The molecule has 1 aromatic heterocycles. The highest BCUT2D eigenvalue weighted by Crippen LogP contribution is 1.90. The molecule has 0 aliphatic rings. The van der Waals surface area contributed by atoms with Crippen molar-refractivity contribution in [1.82, 2.24) is 15.0 Å². The summed E-state index contributed by atoms with van der Waals surface area (Å²) in [4.78, 5) is 11.9. The molecular formula is C6H8N3P. The molecule has 1 aromatic rings. The van der Waals surface area contributed by atoms with Gasteiger partial charge in [-0.15, -0.1) is 0 Å². The maximum atomic E-state index is 4.00. The smallest absolute Gasteiger partial charge is 0.155 e. The first-order valence-corrected chi connectivity index (χ1v) is 3.40. The standard InChI is InChI=1S/C6H8N3P/c1-3-5-7-4(2)8-6(10)9-5/h3H,1,10H2,2H3. The Morgan fingerprint density at radius 1 is 1.40 bits per heavy atom. The highest BCUT2D eigenvalue weighted by Gasteiger charge is 1.93. The van der Waals surface area contributed by atoms with Crippen LogP contribution in [0, 0.1) is 6.92 Å². The zero-order chi connectivity index (χ0) is 7.56. The minimum Gasteiger partial charge on any atom is -0.214 e. The molecule has 0 spiro atoms.